The van der Waals surface area contributed by atoms with Crippen molar-refractivity contribution >= 4 is 28.5 Å². The van der Waals surface area contributed by atoms with Crippen LogP contribution >= 0.6 is 11.6 Å². The number of pyridine rings is 1. The van der Waals surface area contributed by atoms with E-state index in [0.29, 0.717) is 22.0 Å². The van der Waals surface area contributed by atoms with Crippen LogP contribution in [0.5, 0.6) is 5.75 Å². The van der Waals surface area contributed by atoms with E-state index in [2.05, 4.69) is 4.98 Å². The molecule has 0 aliphatic heterocycles. The van der Waals surface area contributed by atoms with Gasteiger partial charge in [-0.1, -0.05) is 17.7 Å². The van der Waals surface area contributed by atoms with Gasteiger partial charge in [0.25, 0.3) is 0 Å². The fraction of sp³-hybridized carbons (Fsp3) is 0.250. The number of halogens is 1. The van der Waals surface area contributed by atoms with Gasteiger partial charge in [0.1, 0.15) is 23.1 Å². The van der Waals surface area contributed by atoms with Gasteiger partial charge >= 0.3 is 11.6 Å². The Kier molecular flexibility index (Phi) is 5.76. The largest absolute Gasteiger partial charge is 0.497 e. The molecule has 0 amide bonds. The molecule has 0 aliphatic carbocycles. The second kappa shape index (κ2) is 8.22. The van der Waals surface area contributed by atoms with Gasteiger partial charge in [0, 0.05) is 35.2 Å². The predicted octanol–water partition coefficient (Wildman–Crippen LogP) is 3.83. The molecule has 2 heterocycles. The van der Waals surface area contributed by atoms with Gasteiger partial charge < -0.3 is 13.9 Å². The number of hydrogen-bond donors (Lipinski definition) is 0. The summed E-state index contributed by atoms with van der Waals surface area (Å²) in [6, 6.07) is 8.67. The van der Waals surface area contributed by atoms with Gasteiger partial charge in [-0.15, -0.1) is 0 Å². The normalized spacial score (nSPS) is 10.8. The Labute approximate surface area is 160 Å². The molecule has 0 radical (unpaired) electrons. The second-order valence-corrected chi connectivity index (χ2v) is 6.39. The molecule has 0 spiro atoms. The van der Waals surface area contributed by atoms with Crippen molar-refractivity contribution < 1.29 is 18.7 Å². The predicted molar refractivity (Wildman–Crippen MR) is 101 cm³/mol. The topological polar surface area (TPSA) is 78.6 Å². The molecule has 3 aromatic rings. The molecular formula is C20H18ClNO5. The van der Waals surface area contributed by atoms with Gasteiger partial charge in [-0.3, -0.25) is 4.79 Å². The number of methoxy groups -OCH3 is 1. The van der Waals surface area contributed by atoms with Crippen molar-refractivity contribution in [1.29, 1.82) is 0 Å². The number of ether oxygens (including phenoxy) is 2. The molecule has 2 aromatic heterocycles. The number of fused-ring (bicyclic) bond motifs is 1. The fourth-order valence-corrected chi connectivity index (χ4v) is 2.86. The van der Waals surface area contributed by atoms with E-state index >= 15 is 0 Å². The Hall–Kier alpha value is -2.86. The van der Waals surface area contributed by atoms with Crippen LogP contribution in [0.15, 0.2) is 45.7 Å². The highest BCUT2D eigenvalue weighted by Gasteiger charge is 2.14. The minimum absolute atomic E-state index is 0.0777. The van der Waals surface area contributed by atoms with Crippen molar-refractivity contribution in [2.75, 3.05) is 7.11 Å². The molecule has 0 aliphatic rings. The highest BCUT2D eigenvalue weighted by Crippen LogP contribution is 2.24. The number of carbonyl (C=O) groups excluding carboxylic acids is 1. The second-order valence-electron chi connectivity index (χ2n) is 6.01. The highest BCUT2D eigenvalue weighted by molar-refractivity contribution is 6.29. The lowest BCUT2D eigenvalue weighted by molar-refractivity contribution is -0.144. The van der Waals surface area contributed by atoms with Crippen LogP contribution in [0.4, 0.5) is 0 Å². The third kappa shape index (κ3) is 4.46. The Morgan fingerprint density at radius 1 is 1.26 bits per heavy atom. The van der Waals surface area contributed by atoms with Crippen LogP contribution in [0.25, 0.3) is 11.0 Å². The van der Waals surface area contributed by atoms with E-state index in [9.17, 15) is 9.59 Å². The van der Waals surface area contributed by atoms with Gasteiger partial charge in [0.2, 0.25) is 0 Å². The fourth-order valence-electron chi connectivity index (χ4n) is 2.75. The van der Waals surface area contributed by atoms with Gasteiger partial charge in [-0.2, -0.15) is 0 Å². The zero-order valence-corrected chi connectivity index (χ0v) is 15.7. The molecule has 0 unspecified atom stereocenters. The molecule has 27 heavy (non-hydrogen) atoms. The van der Waals surface area contributed by atoms with E-state index < -0.39 is 11.6 Å². The molecule has 0 N–H and O–H groups in total. The van der Waals surface area contributed by atoms with Crippen molar-refractivity contribution in [2.24, 2.45) is 0 Å². The zero-order valence-electron chi connectivity index (χ0n) is 15.0. The molecule has 140 valence electrons. The first-order chi connectivity index (χ1) is 13.0. The Morgan fingerprint density at radius 2 is 2.07 bits per heavy atom. The molecule has 3 rings (SSSR count). The van der Waals surface area contributed by atoms with E-state index in [1.165, 1.54) is 0 Å². The zero-order chi connectivity index (χ0) is 19.4. The van der Waals surface area contributed by atoms with Crippen molar-refractivity contribution in [2.45, 2.75) is 26.4 Å². The summed E-state index contributed by atoms with van der Waals surface area (Å²) in [4.78, 5) is 28.2. The summed E-state index contributed by atoms with van der Waals surface area (Å²) < 4.78 is 15.7. The van der Waals surface area contributed by atoms with Crippen LogP contribution in [-0.4, -0.2) is 18.1 Å². The van der Waals surface area contributed by atoms with E-state index in [0.717, 1.165) is 16.5 Å². The van der Waals surface area contributed by atoms with Crippen molar-refractivity contribution in [3.63, 3.8) is 0 Å². The summed E-state index contributed by atoms with van der Waals surface area (Å²) in [6.07, 6.45) is 1.87. The number of aromatic nitrogens is 1. The lowest BCUT2D eigenvalue weighted by Crippen LogP contribution is -2.13. The van der Waals surface area contributed by atoms with Crippen LogP contribution in [0, 0.1) is 6.92 Å². The first-order valence-electron chi connectivity index (χ1n) is 8.34. The molecule has 1 aromatic carbocycles. The van der Waals surface area contributed by atoms with Crippen LogP contribution < -0.4 is 10.4 Å². The number of esters is 1. The number of hydrogen-bond acceptors (Lipinski definition) is 6. The molecule has 7 heteroatoms. The van der Waals surface area contributed by atoms with Gasteiger partial charge in [-0.05, 0) is 37.1 Å². The van der Waals surface area contributed by atoms with Crippen LogP contribution in [0.3, 0.4) is 0 Å². The summed E-state index contributed by atoms with van der Waals surface area (Å²) >= 11 is 5.72. The number of rotatable bonds is 6. The maximum Gasteiger partial charge on any atom is 0.339 e. The number of aryl methyl sites for hydroxylation is 1. The number of carbonyl (C=O) groups is 1. The average molecular weight is 388 g/mol. The third-order valence-electron chi connectivity index (χ3n) is 4.26. The number of benzene rings is 1. The molecule has 6 nitrogen and oxygen atoms in total. The Balaban J connectivity index is 1.68. The average Bonchev–Trinajstić information content (AvgIpc) is 2.66. The summed E-state index contributed by atoms with van der Waals surface area (Å²) in [5, 5.41) is 1.19. The van der Waals surface area contributed by atoms with Gasteiger partial charge in [-0.25, -0.2) is 9.78 Å². The van der Waals surface area contributed by atoms with Crippen LogP contribution in [-0.2, 0) is 22.6 Å². The molecule has 0 atom stereocenters. The minimum Gasteiger partial charge on any atom is -0.497 e. The summed E-state index contributed by atoms with van der Waals surface area (Å²) in [5.41, 5.74) is 2.00. The third-order valence-corrected chi connectivity index (χ3v) is 4.49. The monoisotopic (exact) mass is 387 g/mol. The maximum absolute atomic E-state index is 12.3. The molecule has 0 bridgehead atoms. The maximum atomic E-state index is 12.3. The molecule has 0 saturated carbocycles. The SMILES string of the molecule is COc1ccc2c(C)c(CCC(=O)OCc3ccc(Cl)nc3)c(=O)oc2c1. The quantitative estimate of drug-likeness (QED) is 0.363. The van der Waals surface area contributed by atoms with Crippen LogP contribution in [0.2, 0.25) is 5.15 Å². The van der Waals surface area contributed by atoms with E-state index in [4.69, 9.17) is 25.5 Å². The van der Waals surface area contributed by atoms with Crippen LogP contribution in [0.1, 0.15) is 23.1 Å². The summed E-state index contributed by atoms with van der Waals surface area (Å²) in [6.45, 7) is 1.94. The van der Waals surface area contributed by atoms with Crippen molar-refractivity contribution in [3.05, 3.63) is 68.8 Å². The first kappa shape index (κ1) is 18.9. The molecule has 0 saturated heterocycles. The first-order valence-corrected chi connectivity index (χ1v) is 8.72. The van der Waals surface area contributed by atoms with E-state index in [1.54, 1.807) is 37.6 Å². The Morgan fingerprint density at radius 3 is 2.78 bits per heavy atom. The van der Waals surface area contributed by atoms with Gasteiger partial charge in [0.05, 0.1) is 7.11 Å². The lowest BCUT2D eigenvalue weighted by Gasteiger charge is -2.09. The Bertz CT molecular complexity index is 1030. The van der Waals surface area contributed by atoms with Crippen molar-refractivity contribution in [1.82, 2.24) is 4.98 Å². The minimum atomic E-state index is -0.456. The van der Waals surface area contributed by atoms with E-state index in [-0.39, 0.29) is 19.4 Å². The smallest absolute Gasteiger partial charge is 0.339 e. The summed E-state index contributed by atoms with van der Waals surface area (Å²) in [7, 11) is 1.55. The number of nitrogens with zero attached hydrogens (tertiary/aromatic N) is 1. The lowest BCUT2D eigenvalue weighted by atomic mass is 10.0. The van der Waals surface area contributed by atoms with E-state index in [1.807, 2.05) is 13.0 Å². The molecular weight excluding hydrogens is 370 g/mol. The standard InChI is InChI=1S/C20H18ClNO5/c1-12-15-5-4-14(25-2)9-17(15)27-20(24)16(12)6-8-19(23)26-11-13-3-7-18(21)22-10-13/h3-5,7,9-10H,6,8,11H2,1-2H3. The van der Waals surface area contributed by atoms with Gasteiger partial charge in [0.15, 0.2) is 0 Å². The van der Waals surface area contributed by atoms with Crippen molar-refractivity contribution in [3.8, 4) is 5.75 Å². The highest BCUT2D eigenvalue weighted by atomic mass is 35.5. The summed E-state index contributed by atoms with van der Waals surface area (Å²) in [5.74, 6) is 0.205. The molecule has 0 fully saturated rings.